The van der Waals surface area contributed by atoms with Crippen molar-refractivity contribution in [1.29, 1.82) is 0 Å². The number of rotatable bonds is 4. The van der Waals surface area contributed by atoms with E-state index >= 15 is 0 Å². The van der Waals surface area contributed by atoms with Gasteiger partial charge >= 0.3 is 0 Å². The van der Waals surface area contributed by atoms with E-state index in [1.165, 1.54) is 0 Å². The summed E-state index contributed by atoms with van der Waals surface area (Å²) in [6.45, 7) is 0.490. The lowest BCUT2D eigenvalue weighted by Crippen LogP contribution is -2.06. The summed E-state index contributed by atoms with van der Waals surface area (Å²) in [4.78, 5) is 12.2. The van der Waals surface area contributed by atoms with Crippen molar-refractivity contribution < 1.29 is 9.53 Å². The van der Waals surface area contributed by atoms with Crippen LogP contribution in [0, 0.1) is 0 Å². The molecule has 2 aromatic rings. The number of ether oxygens (including phenoxy) is 1. The smallest absolute Gasteiger partial charge is 0.195 e. The molecule has 0 saturated heterocycles. The minimum absolute atomic E-state index is 0.0583. The number of carbonyl (C=O) groups is 1. The molecule has 2 N–H and O–H groups in total. The second-order valence-corrected chi connectivity index (χ2v) is 4.05. The van der Waals surface area contributed by atoms with Crippen LogP contribution < -0.4 is 5.73 Å². The van der Waals surface area contributed by atoms with Gasteiger partial charge in [0.1, 0.15) is 0 Å². The summed E-state index contributed by atoms with van der Waals surface area (Å²) in [6.07, 6.45) is 0. The molecular weight excluding hydrogens is 226 g/mol. The molecule has 0 aliphatic rings. The van der Waals surface area contributed by atoms with Crippen molar-refractivity contribution in [3.05, 3.63) is 65.2 Å². The molecule has 2 aromatic carbocycles. The molecule has 2 rings (SSSR count). The van der Waals surface area contributed by atoms with Crippen LogP contribution >= 0.6 is 0 Å². The third-order valence-corrected chi connectivity index (χ3v) is 2.71. The standard InChI is InChI=1S/C15H15NO2/c1-18-10-11-7-8-13(14(16)9-11)15(17)12-5-3-2-4-6-12/h2-9H,10,16H2,1H3. The van der Waals surface area contributed by atoms with Crippen molar-refractivity contribution in [2.24, 2.45) is 0 Å². The number of benzene rings is 2. The Labute approximate surface area is 106 Å². The number of methoxy groups -OCH3 is 1. The van der Waals surface area contributed by atoms with Gasteiger partial charge in [-0.05, 0) is 17.7 Å². The van der Waals surface area contributed by atoms with Crippen LogP contribution in [0.2, 0.25) is 0 Å². The molecule has 0 atom stereocenters. The van der Waals surface area contributed by atoms with Crippen LogP contribution in [0.5, 0.6) is 0 Å². The highest BCUT2D eigenvalue weighted by Gasteiger charge is 2.12. The van der Waals surface area contributed by atoms with Crippen LogP contribution in [0.3, 0.4) is 0 Å². The van der Waals surface area contributed by atoms with Gasteiger partial charge in [-0.25, -0.2) is 0 Å². The lowest BCUT2D eigenvalue weighted by atomic mass is 10.0. The molecule has 0 aliphatic carbocycles. The second kappa shape index (κ2) is 5.47. The van der Waals surface area contributed by atoms with Crippen LogP contribution in [0.25, 0.3) is 0 Å². The quantitative estimate of drug-likeness (QED) is 0.661. The van der Waals surface area contributed by atoms with E-state index in [2.05, 4.69) is 0 Å². The van der Waals surface area contributed by atoms with E-state index in [-0.39, 0.29) is 5.78 Å². The highest BCUT2D eigenvalue weighted by molar-refractivity contribution is 6.12. The van der Waals surface area contributed by atoms with E-state index in [4.69, 9.17) is 10.5 Å². The summed E-state index contributed by atoms with van der Waals surface area (Å²) in [5.74, 6) is -0.0583. The Morgan fingerprint density at radius 3 is 2.50 bits per heavy atom. The lowest BCUT2D eigenvalue weighted by Gasteiger charge is -2.07. The summed E-state index contributed by atoms with van der Waals surface area (Å²) >= 11 is 0. The number of carbonyl (C=O) groups excluding carboxylic acids is 1. The van der Waals surface area contributed by atoms with Crippen molar-refractivity contribution in [2.45, 2.75) is 6.61 Å². The zero-order valence-corrected chi connectivity index (χ0v) is 10.2. The van der Waals surface area contributed by atoms with Crippen LogP contribution in [-0.2, 0) is 11.3 Å². The largest absolute Gasteiger partial charge is 0.398 e. The zero-order chi connectivity index (χ0) is 13.0. The molecule has 92 valence electrons. The fourth-order valence-corrected chi connectivity index (χ4v) is 1.82. The molecule has 0 spiro atoms. The number of hydrogen-bond acceptors (Lipinski definition) is 3. The molecule has 0 aliphatic heterocycles. The van der Waals surface area contributed by atoms with Gasteiger partial charge in [-0.2, -0.15) is 0 Å². The summed E-state index contributed by atoms with van der Waals surface area (Å²) in [5.41, 5.74) is 8.53. The number of hydrogen-bond donors (Lipinski definition) is 1. The molecule has 0 fully saturated rings. The molecule has 0 bridgehead atoms. The Morgan fingerprint density at radius 1 is 1.17 bits per heavy atom. The van der Waals surface area contributed by atoms with Gasteiger partial charge in [-0.1, -0.05) is 36.4 Å². The van der Waals surface area contributed by atoms with Crippen molar-refractivity contribution in [1.82, 2.24) is 0 Å². The number of anilines is 1. The lowest BCUT2D eigenvalue weighted by molar-refractivity contribution is 0.103. The van der Waals surface area contributed by atoms with E-state index in [0.29, 0.717) is 23.4 Å². The average Bonchev–Trinajstić information content (AvgIpc) is 2.40. The maximum Gasteiger partial charge on any atom is 0.195 e. The Balaban J connectivity index is 2.32. The van der Waals surface area contributed by atoms with Gasteiger partial charge in [0.05, 0.1) is 6.61 Å². The van der Waals surface area contributed by atoms with Crippen LogP contribution in [-0.4, -0.2) is 12.9 Å². The molecule has 0 amide bonds. The fourth-order valence-electron chi connectivity index (χ4n) is 1.82. The molecule has 18 heavy (non-hydrogen) atoms. The molecule has 0 saturated carbocycles. The van der Waals surface area contributed by atoms with Gasteiger partial charge in [-0.15, -0.1) is 0 Å². The fraction of sp³-hybridized carbons (Fsp3) is 0.133. The predicted octanol–water partition coefficient (Wildman–Crippen LogP) is 2.65. The van der Waals surface area contributed by atoms with Crippen LogP contribution in [0.4, 0.5) is 5.69 Å². The highest BCUT2D eigenvalue weighted by atomic mass is 16.5. The maximum absolute atomic E-state index is 12.2. The van der Waals surface area contributed by atoms with Crippen molar-refractivity contribution in [2.75, 3.05) is 12.8 Å². The normalized spacial score (nSPS) is 10.3. The molecule has 0 heterocycles. The van der Waals surface area contributed by atoms with E-state index in [1.807, 2.05) is 24.3 Å². The summed E-state index contributed by atoms with van der Waals surface area (Å²) < 4.78 is 5.03. The van der Waals surface area contributed by atoms with Gasteiger partial charge in [0, 0.05) is 23.9 Å². The van der Waals surface area contributed by atoms with Gasteiger partial charge in [0.15, 0.2) is 5.78 Å². The second-order valence-electron chi connectivity index (χ2n) is 4.05. The maximum atomic E-state index is 12.2. The molecule has 0 unspecified atom stereocenters. The molecule has 0 radical (unpaired) electrons. The van der Waals surface area contributed by atoms with Gasteiger partial charge in [0.25, 0.3) is 0 Å². The first-order valence-corrected chi connectivity index (χ1v) is 5.69. The minimum atomic E-state index is -0.0583. The van der Waals surface area contributed by atoms with Crippen molar-refractivity contribution in [3.8, 4) is 0 Å². The highest BCUT2D eigenvalue weighted by Crippen LogP contribution is 2.18. The van der Waals surface area contributed by atoms with E-state index in [1.54, 1.807) is 31.4 Å². The zero-order valence-electron chi connectivity index (χ0n) is 10.2. The summed E-state index contributed by atoms with van der Waals surface area (Å²) in [7, 11) is 1.62. The van der Waals surface area contributed by atoms with Crippen molar-refractivity contribution >= 4 is 11.5 Å². The first-order chi connectivity index (χ1) is 8.72. The SMILES string of the molecule is COCc1ccc(C(=O)c2ccccc2)c(N)c1. The summed E-state index contributed by atoms with van der Waals surface area (Å²) in [5, 5.41) is 0. The van der Waals surface area contributed by atoms with Gasteiger partial charge in [-0.3, -0.25) is 4.79 Å². The van der Waals surface area contributed by atoms with E-state index < -0.39 is 0 Å². The van der Waals surface area contributed by atoms with E-state index in [0.717, 1.165) is 5.56 Å². The van der Waals surface area contributed by atoms with Crippen LogP contribution in [0.1, 0.15) is 21.5 Å². The third-order valence-electron chi connectivity index (χ3n) is 2.71. The Morgan fingerprint density at radius 2 is 1.89 bits per heavy atom. The number of nitrogens with two attached hydrogens (primary N) is 1. The minimum Gasteiger partial charge on any atom is -0.398 e. The molecule has 3 nitrogen and oxygen atoms in total. The predicted molar refractivity (Wildman–Crippen MR) is 71.4 cm³/mol. The van der Waals surface area contributed by atoms with Crippen LogP contribution in [0.15, 0.2) is 48.5 Å². The Hall–Kier alpha value is -2.13. The van der Waals surface area contributed by atoms with Gasteiger partial charge < -0.3 is 10.5 Å². The first-order valence-electron chi connectivity index (χ1n) is 5.69. The topological polar surface area (TPSA) is 52.3 Å². The monoisotopic (exact) mass is 241 g/mol. The summed E-state index contributed by atoms with van der Waals surface area (Å²) in [6, 6.07) is 14.5. The van der Waals surface area contributed by atoms with E-state index in [9.17, 15) is 4.79 Å². The first kappa shape index (κ1) is 12.3. The van der Waals surface area contributed by atoms with Gasteiger partial charge in [0.2, 0.25) is 0 Å². The number of nitrogen functional groups attached to an aromatic ring is 1. The number of ketones is 1. The third kappa shape index (κ3) is 2.57. The Kier molecular flexibility index (Phi) is 3.75. The molecule has 0 aromatic heterocycles. The molecule has 3 heteroatoms. The average molecular weight is 241 g/mol. The molecular formula is C15H15NO2. The Bertz CT molecular complexity index is 550. The van der Waals surface area contributed by atoms with Crippen molar-refractivity contribution in [3.63, 3.8) is 0 Å².